The molecule has 1 aromatic rings. The van der Waals surface area contributed by atoms with Crippen LogP contribution in [0.25, 0.3) is 0 Å². The van der Waals surface area contributed by atoms with Crippen molar-refractivity contribution < 1.29 is 13.2 Å². The van der Waals surface area contributed by atoms with Crippen molar-refractivity contribution in [3.05, 3.63) is 30.3 Å². The molecular weight excluding hydrogens is 276 g/mol. The number of ether oxygens (including phenoxy) is 1. The van der Waals surface area contributed by atoms with Gasteiger partial charge in [0.2, 0.25) is 0 Å². The lowest BCUT2D eigenvalue weighted by Crippen LogP contribution is -2.50. The molecule has 5 nitrogen and oxygen atoms in total. The van der Waals surface area contributed by atoms with Crippen LogP contribution in [0.2, 0.25) is 0 Å². The maximum Gasteiger partial charge on any atom is 0.253 e. The number of nitrogens with zero attached hydrogens (tertiary/aromatic N) is 1. The lowest BCUT2D eigenvalue weighted by molar-refractivity contribution is -0.0266. The maximum atomic E-state index is 12.0. The topological polar surface area (TPSA) is 58.6 Å². The molecule has 0 aromatic heterocycles. The Morgan fingerprint density at radius 3 is 2.61 bits per heavy atom. The number of hydrazine groups is 1. The van der Waals surface area contributed by atoms with Crippen molar-refractivity contribution in [3.8, 4) is 0 Å². The second-order valence-electron chi connectivity index (χ2n) is 4.04. The summed E-state index contributed by atoms with van der Waals surface area (Å²) in [5.41, 5.74) is 0. The van der Waals surface area contributed by atoms with Gasteiger partial charge in [-0.1, -0.05) is 18.2 Å². The molecule has 18 heavy (non-hydrogen) atoms. The van der Waals surface area contributed by atoms with Gasteiger partial charge in [-0.3, -0.25) is 0 Å². The summed E-state index contributed by atoms with van der Waals surface area (Å²) in [5, 5.41) is 1.68. The Balaban J connectivity index is 0.00000162. The van der Waals surface area contributed by atoms with Crippen molar-refractivity contribution in [3.63, 3.8) is 0 Å². The molecule has 1 heterocycles. The van der Waals surface area contributed by atoms with E-state index in [4.69, 9.17) is 4.74 Å². The van der Waals surface area contributed by atoms with Crippen LogP contribution in [0, 0.1) is 0 Å². The zero-order valence-electron chi connectivity index (χ0n) is 10.1. The van der Waals surface area contributed by atoms with E-state index in [0.29, 0.717) is 19.7 Å². The number of benzene rings is 1. The fourth-order valence-electron chi connectivity index (χ4n) is 1.72. The molecule has 1 N–H and O–H groups in total. The van der Waals surface area contributed by atoms with E-state index in [-0.39, 0.29) is 23.4 Å². The van der Waals surface area contributed by atoms with Crippen molar-refractivity contribution in [1.29, 1.82) is 0 Å². The predicted octanol–water partition coefficient (Wildman–Crippen LogP) is 1.02. The molecule has 1 aliphatic rings. The number of halogens is 1. The Bertz CT molecular complexity index is 466. The van der Waals surface area contributed by atoms with Gasteiger partial charge in [0.05, 0.1) is 17.6 Å². The number of rotatable bonds is 3. The van der Waals surface area contributed by atoms with Gasteiger partial charge in [-0.15, -0.1) is 17.2 Å². The van der Waals surface area contributed by atoms with Gasteiger partial charge in [0.1, 0.15) is 0 Å². The van der Waals surface area contributed by atoms with E-state index in [1.54, 1.807) is 35.3 Å². The summed E-state index contributed by atoms with van der Waals surface area (Å²) < 4.78 is 29.4. The summed E-state index contributed by atoms with van der Waals surface area (Å²) in [6.45, 7) is 3.59. The van der Waals surface area contributed by atoms with E-state index in [2.05, 4.69) is 4.83 Å². The molecule has 0 saturated carbocycles. The van der Waals surface area contributed by atoms with Crippen LogP contribution in [0.1, 0.15) is 6.92 Å². The van der Waals surface area contributed by atoms with Gasteiger partial charge in [0.15, 0.2) is 0 Å². The average molecular weight is 293 g/mol. The van der Waals surface area contributed by atoms with Crippen LogP contribution in [0.4, 0.5) is 0 Å². The summed E-state index contributed by atoms with van der Waals surface area (Å²) in [7, 11) is -3.46. The minimum atomic E-state index is -3.46. The third-order valence-corrected chi connectivity index (χ3v) is 3.94. The molecule has 7 heteroatoms. The second-order valence-corrected chi connectivity index (χ2v) is 5.70. The normalized spacial score (nSPS) is 21.3. The largest absolute Gasteiger partial charge is 0.376 e. The fraction of sp³-hybridized carbons (Fsp3) is 0.455. The van der Waals surface area contributed by atoms with Crippen LogP contribution in [-0.2, 0) is 14.8 Å². The van der Waals surface area contributed by atoms with Gasteiger partial charge in [0, 0.05) is 13.1 Å². The Morgan fingerprint density at radius 1 is 1.33 bits per heavy atom. The van der Waals surface area contributed by atoms with Crippen LogP contribution in [0.3, 0.4) is 0 Å². The molecule has 2 rings (SSSR count). The van der Waals surface area contributed by atoms with E-state index < -0.39 is 10.0 Å². The summed E-state index contributed by atoms with van der Waals surface area (Å²) in [4.78, 5) is 2.84. The van der Waals surface area contributed by atoms with Crippen molar-refractivity contribution in [1.82, 2.24) is 9.84 Å². The smallest absolute Gasteiger partial charge is 0.253 e. The number of sulfonamides is 1. The van der Waals surface area contributed by atoms with Gasteiger partial charge in [-0.2, -0.15) is 0 Å². The molecule has 1 fully saturated rings. The Morgan fingerprint density at radius 2 is 2.00 bits per heavy atom. The highest BCUT2D eigenvalue weighted by molar-refractivity contribution is 7.89. The minimum Gasteiger partial charge on any atom is -0.376 e. The molecule has 0 radical (unpaired) electrons. The first-order chi connectivity index (χ1) is 8.08. The zero-order chi connectivity index (χ0) is 12.3. The highest BCUT2D eigenvalue weighted by Crippen LogP contribution is 2.09. The molecular formula is C11H17ClN2O3S. The molecule has 0 amide bonds. The van der Waals surface area contributed by atoms with E-state index in [0.717, 1.165) is 0 Å². The van der Waals surface area contributed by atoms with Crippen molar-refractivity contribution >= 4 is 22.4 Å². The van der Waals surface area contributed by atoms with Gasteiger partial charge in [-0.25, -0.2) is 13.4 Å². The Labute approximate surface area is 114 Å². The molecule has 1 saturated heterocycles. The molecule has 1 aliphatic heterocycles. The molecule has 1 atom stereocenters. The van der Waals surface area contributed by atoms with Crippen LogP contribution in [-0.4, -0.2) is 39.2 Å². The molecule has 1 unspecified atom stereocenters. The molecule has 0 bridgehead atoms. The van der Waals surface area contributed by atoms with Gasteiger partial charge in [0.25, 0.3) is 10.0 Å². The predicted molar refractivity (Wildman–Crippen MR) is 71.0 cm³/mol. The SMILES string of the molecule is CC1CN(NS(=O)(=O)c2ccccc2)CCO1.Cl. The summed E-state index contributed by atoms with van der Waals surface area (Å²) in [6.07, 6.45) is 0.0437. The fourth-order valence-corrected chi connectivity index (χ4v) is 2.85. The van der Waals surface area contributed by atoms with Crippen molar-refractivity contribution in [2.24, 2.45) is 0 Å². The quantitative estimate of drug-likeness (QED) is 0.904. The third-order valence-electron chi connectivity index (χ3n) is 2.54. The van der Waals surface area contributed by atoms with E-state index >= 15 is 0 Å². The number of hydrogen-bond acceptors (Lipinski definition) is 4. The lowest BCUT2D eigenvalue weighted by Gasteiger charge is -2.30. The number of morpholine rings is 1. The first kappa shape index (κ1) is 15.4. The second kappa shape index (κ2) is 6.49. The third kappa shape index (κ3) is 3.93. The van der Waals surface area contributed by atoms with Crippen LogP contribution >= 0.6 is 12.4 Å². The zero-order valence-corrected chi connectivity index (χ0v) is 11.7. The molecule has 0 aliphatic carbocycles. The van der Waals surface area contributed by atoms with Crippen LogP contribution in [0.15, 0.2) is 35.2 Å². The highest BCUT2D eigenvalue weighted by atomic mass is 35.5. The average Bonchev–Trinajstić information content (AvgIpc) is 2.29. The molecule has 0 spiro atoms. The lowest BCUT2D eigenvalue weighted by atomic mass is 10.3. The Hall–Kier alpha value is -0.660. The monoisotopic (exact) mass is 292 g/mol. The summed E-state index contributed by atoms with van der Waals surface area (Å²) in [5.74, 6) is 0. The van der Waals surface area contributed by atoms with Gasteiger partial charge < -0.3 is 4.74 Å². The van der Waals surface area contributed by atoms with Crippen LogP contribution in [0.5, 0.6) is 0 Å². The van der Waals surface area contributed by atoms with E-state index in [9.17, 15) is 8.42 Å². The first-order valence-electron chi connectivity index (χ1n) is 5.52. The maximum absolute atomic E-state index is 12.0. The van der Waals surface area contributed by atoms with Crippen LogP contribution < -0.4 is 4.83 Å². The van der Waals surface area contributed by atoms with Gasteiger partial charge in [-0.05, 0) is 19.1 Å². The molecule has 102 valence electrons. The summed E-state index contributed by atoms with van der Waals surface area (Å²) >= 11 is 0. The van der Waals surface area contributed by atoms with Crippen molar-refractivity contribution in [2.75, 3.05) is 19.7 Å². The standard InChI is InChI=1S/C11H16N2O3S.ClH/c1-10-9-13(7-8-16-10)12-17(14,15)11-5-3-2-4-6-11;/h2-6,10,12H,7-9H2,1H3;1H. The van der Waals surface area contributed by atoms with Gasteiger partial charge >= 0.3 is 0 Å². The Kier molecular flexibility index (Phi) is 5.55. The minimum absolute atomic E-state index is 0. The number of nitrogens with one attached hydrogen (secondary N) is 1. The number of hydrogen-bond donors (Lipinski definition) is 1. The van der Waals surface area contributed by atoms with Crippen molar-refractivity contribution in [2.45, 2.75) is 17.9 Å². The highest BCUT2D eigenvalue weighted by Gasteiger charge is 2.22. The molecule has 1 aromatic carbocycles. The first-order valence-corrected chi connectivity index (χ1v) is 7.00. The summed E-state index contributed by atoms with van der Waals surface area (Å²) in [6, 6.07) is 8.35. The van der Waals surface area contributed by atoms with E-state index in [1.807, 2.05) is 6.92 Å². The van der Waals surface area contributed by atoms with E-state index in [1.165, 1.54) is 0 Å².